The Hall–Kier alpha value is -1.94. The molecule has 4 heteroatoms. The molecular formula is C17H21N3O. The van der Waals surface area contributed by atoms with Crippen LogP contribution in [-0.4, -0.2) is 23.1 Å². The Balaban J connectivity index is 2.05. The minimum atomic E-state index is 0.607. The van der Waals surface area contributed by atoms with Gasteiger partial charge in [-0.1, -0.05) is 30.7 Å². The predicted molar refractivity (Wildman–Crippen MR) is 84.3 cm³/mol. The Kier molecular flexibility index (Phi) is 4.15. The van der Waals surface area contributed by atoms with E-state index in [0.717, 1.165) is 54.5 Å². The summed E-state index contributed by atoms with van der Waals surface area (Å²) in [6.45, 7) is 6.50. The van der Waals surface area contributed by atoms with E-state index in [0.29, 0.717) is 6.61 Å². The standard InChI is InChI=1S/C17H21N3O/c1-3-8-18-17-14-11-21-9-7-15(14)19-16(20-17)13-6-4-5-12(2)10-13/h4-6,10H,3,7-9,11H2,1-2H3,(H,18,19,20). The van der Waals surface area contributed by atoms with Gasteiger partial charge in [-0.05, 0) is 19.4 Å². The van der Waals surface area contributed by atoms with Gasteiger partial charge in [0.1, 0.15) is 5.82 Å². The van der Waals surface area contributed by atoms with Crippen LogP contribution in [0.2, 0.25) is 0 Å². The molecule has 1 aromatic heterocycles. The fourth-order valence-electron chi connectivity index (χ4n) is 2.53. The van der Waals surface area contributed by atoms with Crippen molar-refractivity contribution in [1.82, 2.24) is 9.97 Å². The molecule has 0 atom stereocenters. The van der Waals surface area contributed by atoms with Gasteiger partial charge >= 0.3 is 0 Å². The van der Waals surface area contributed by atoms with Crippen LogP contribution in [0.5, 0.6) is 0 Å². The number of anilines is 1. The Morgan fingerprint density at radius 3 is 3.00 bits per heavy atom. The first-order valence-corrected chi connectivity index (χ1v) is 7.56. The lowest BCUT2D eigenvalue weighted by Gasteiger charge is -2.20. The lowest BCUT2D eigenvalue weighted by molar-refractivity contribution is 0.109. The van der Waals surface area contributed by atoms with Crippen LogP contribution < -0.4 is 5.32 Å². The van der Waals surface area contributed by atoms with Gasteiger partial charge in [-0.15, -0.1) is 0 Å². The van der Waals surface area contributed by atoms with Gasteiger partial charge in [0, 0.05) is 24.1 Å². The second kappa shape index (κ2) is 6.22. The fraction of sp³-hybridized carbons (Fsp3) is 0.412. The minimum Gasteiger partial charge on any atom is -0.376 e. The van der Waals surface area contributed by atoms with E-state index in [9.17, 15) is 0 Å². The molecule has 110 valence electrons. The highest BCUT2D eigenvalue weighted by Gasteiger charge is 2.18. The number of aryl methyl sites for hydroxylation is 1. The van der Waals surface area contributed by atoms with Crippen LogP contribution in [-0.2, 0) is 17.8 Å². The van der Waals surface area contributed by atoms with Crippen LogP contribution in [0.15, 0.2) is 24.3 Å². The van der Waals surface area contributed by atoms with Crippen molar-refractivity contribution in [2.24, 2.45) is 0 Å². The maximum absolute atomic E-state index is 5.56. The van der Waals surface area contributed by atoms with Crippen LogP contribution in [0, 0.1) is 6.92 Å². The monoisotopic (exact) mass is 283 g/mol. The zero-order valence-electron chi connectivity index (χ0n) is 12.6. The fourth-order valence-corrected chi connectivity index (χ4v) is 2.53. The summed E-state index contributed by atoms with van der Waals surface area (Å²) in [5.41, 5.74) is 4.53. The average Bonchev–Trinajstić information content (AvgIpc) is 2.52. The molecule has 3 rings (SSSR count). The number of ether oxygens (including phenoxy) is 1. The third kappa shape index (κ3) is 3.05. The maximum atomic E-state index is 5.56. The first kappa shape index (κ1) is 14.0. The molecule has 1 aromatic carbocycles. The number of nitrogens with one attached hydrogen (secondary N) is 1. The lowest BCUT2D eigenvalue weighted by atomic mass is 10.1. The molecule has 2 aromatic rings. The first-order chi connectivity index (χ1) is 10.3. The molecule has 0 amide bonds. The highest BCUT2D eigenvalue weighted by Crippen LogP contribution is 2.26. The molecule has 1 N–H and O–H groups in total. The minimum absolute atomic E-state index is 0.607. The largest absolute Gasteiger partial charge is 0.376 e. The van der Waals surface area contributed by atoms with E-state index in [-0.39, 0.29) is 0 Å². The molecule has 2 heterocycles. The third-order valence-corrected chi connectivity index (χ3v) is 3.64. The quantitative estimate of drug-likeness (QED) is 0.934. The number of rotatable bonds is 4. The van der Waals surface area contributed by atoms with Crippen molar-refractivity contribution < 1.29 is 4.74 Å². The highest BCUT2D eigenvalue weighted by atomic mass is 16.5. The zero-order valence-corrected chi connectivity index (χ0v) is 12.6. The van der Waals surface area contributed by atoms with Gasteiger partial charge in [0.25, 0.3) is 0 Å². The summed E-state index contributed by atoms with van der Waals surface area (Å²) in [7, 11) is 0. The van der Waals surface area contributed by atoms with E-state index in [2.05, 4.69) is 43.4 Å². The first-order valence-electron chi connectivity index (χ1n) is 7.56. The second-order valence-electron chi connectivity index (χ2n) is 5.42. The molecule has 0 unspecified atom stereocenters. The summed E-state index contributed by atoms with van der Waals surface area (Å²) in [5.74, 6) is 1.73. The van der Waals surface area contributed by atoms with Crippen LogP contribution in [0.4, 0.5) is 5.82 Å². The summed E-state index contributed by atoms with van der Waals surface area (Å²) in [5, 5.41) is 3.42. The summed E-state index contributed by atoms with van der Waals surface area (Å²) >= 11 is 0. The average molecular weight is 283 g/mol. The van der Waals surface area contributed by atoms with Crippen molar-refractivity contribution in [2.75, 3.05) is 18.5 Å². The van der Waals surface area contributed by atoms with E-state index < -0.39 is 0 Å². The van der Waals surface area contributed by atoms with Crippen molar-refractivity contribution >= 4 is 5.82 Å². The summed E-state index contributed by atoms with van der Waals surface area (Å²) < 4.78 is 5.56. The number of hydrogen-bond acceptors (Lipinski definition) is 4. The SMILES string of the molecule is CCCNc1nc(-c2cccc(C)c2)nc2c1COCC2. The number of nitrogens with zero attached hydrogens (tertiary/aromatic N) is 2. The van der Waals surface area contributed by atoms with Crippen molar-refractivity contribution in [3.8, 4) is 11.4 Å². The van der Waals surface area contributed by atoms with Gasteiger partial charge in [-0.25, -0.2) is 9.97 Å². The molecule has 4 nitrogen and oxygen atoms in total. The number of benzene rings is 1. The predicted octanol–water partition coefficient (Wildman–Crippen LogP) is 3.35. The second-order valence-corrected chi connectivity index (χ2v) is 5.42. The maximum Gasteiger partial charge on any atom is 0.161 e. The topological polar surface area (TPSA) is 47.0 Å². The normalized spacial score (nSPS) is 13.8. The van der Waals surface area contributed by atoms with Crippen molar-refractivity contribution in [3.05, 3.63) is 41.1 Å². The van der Waals surface area contributed by atoms with Crippen molar-refractivity contribution in [3.63, 3.8) is 0 Å². The molecule has 0 fully saturated rings. The molecule has 0 spiro atoms. The van der Waals surface area contributed by atoms with Crippen molar-refractivity contribution in [2.45, 2.75) is 33.3 Å². The number of hydrogen-bond donors (Lipinski definition) is 1. The molecule has 0 bridgehead atoms. The molecule has 0 saturated heterocycles. The van der Waals surface area contributed by atoms with Gasteiger partial charge in [0.15, 0.2) is 5.82 Å². The van der Waals surface area contributed by atoms with E-state index in [1.54, 1.807) is 0 Å². The Bertz CT molecular complexity index is 640. The van der Waals surface area contributed by atoms with Crippen LogP contribution in [0.1, 0.15) is 30.2 Å². The van der Waals surface area contributed by atoms with E-state index in [4.69, 9.17) is 14.7 Å². The molecule has 0 saturated carbocycles. The number of fused-ring (bicyclic) bond motifs is 1. The molecule has 1 aliphatic heterocycles. The Morgan fingerprint density at radius 1 is 1.29 bits per heavy atom. The Morgan fingerprint density at radius 2 is 2.19 bits per heavy atom. The molecule has 0 radical (unpaired) electrons. The molecule has 21 heavy (non-hydrogen) atoms. The zero-order chi connectivity index (χ0) is 14.7. The van der Waals surface area contributed by atoms with Gasteiger partial charge in [-0.3, -0.25) is 0 Å². The molecule has 1 aliphatic rings. The third-order valence-electron chi connectivity index (χ3n) is 3.64. The smallest absolute Gasteiger partial charge is 0.161 e. The molecular weight excluding hydrogens is 262 g/mol. The van der Waals surface area contributed by atoms with E-state index in [1.165, 1.54) is 5.56 Å². The summed E-state index contributed by atoms with van der Waals surface area (Å²) in [4.78, 5) is 9.49. The van der Waals surface area contributed by atoms with Crippen LogP contribution >= 0.6 is 0 Å². The Labute approximate surface area is 125 Å². The highest BCUT2D eigenvalue weighted by molar-refractivity contribution is 5.61. The van der Waals surface area contributed by atoms with Gasteiger partial charge in [0.05, 0.1) is 18.9 Å². The number of aromatic nitrogens is 2. The van der Waals surface area contributed by atoms with E-state index in [1.807, 2.05) is 0 Å². The summed E-state index contributed by atoms with van der Waals surface area (Å²) in [6.07, 6.45) is 1.93. The van der Waals surface area contributed by atoms with Gasteiger partial charge in [-0.2, -0.15) is 0 Å². The lowest BCUT2D eigenvalue weighted by Crippen LogP contribution is -2.17. The van der Waals surface area contributed by atoms with Crippen LogP contribution in [0.3, 0.4) is 0 Å². The van der Waals surface area contributed by atoms with Gasteiger partial charge < -0.3 is 10.1 Å². The van der Waals surface area contributed by atoms with E-state index >= 15 is 0 Å². The van der Waals surface area contributed by atoms with Crippen molar-refractivity contribution in [1.29, 1.82) is 0 Å². The van der Waals surface area contributed by atoms with Crippen LogP contribution in [0.25, 0.3) is 11.4 Å². The molecule has 0 aliphatic carbocycles. The van der Waals surface area contributed by atoms with Gasteiger partial charge in [0.2, 0.25) is 0 Å². The summed E-state index contributed by atoms with van der Waals surface area (Å²) in [6, 6.07) is 8.34.